The zero-order valence-corrected chi connectivity index (χ0v) is 12.3. The van der Waals surface area contributed by atoms with Gasteiger partial charge in [-0.15, -0.1) is 11.3 Å². The van der Waals surface area contributed by atoms with Gasteiger partial charge in [0.25, 0.3) is 0 Å². The highest BCUT2D eigenvalue weighted by Crippen LogP contribution is 2.34. The van der Waals surface area contributed by atoms with Crippen molar-refractivity contribution in [3.8, 4) is 11.6 Å². The molecule has 106 valence electrons. The highest BCUT2D eigenvalue weighted by Gasteiger charge is 2.15. The van der Waals surface area contributed by atoms with Crippen LogP contribution in [-0.2, 0) is 0 Å². The average Bonchev–Trinajstić information content (AvgIpc) is 2.83. The molecule has 0 amide bonds. The Bertz CT molecular complexity index is 842. The van der Waals surface area contributed by atoms with Gasteiger partial charge in [0, 0.05) is 0 Å². The molecule has 0 spiro atoms. The van der Waals surface area contributed by atoms with Gasteiger partial charge in [0.05, 0.1) is 5.52 Å². The van der Waals surface area contributed by atoms with Crippen LogP contribution in [0.1, 0.15) is 21.5 Å². The summed E-state index contributed by atoms with van der Waals surface area (Å²) in [6, 6.07) is 5.03. The van der Waals surface area contributed by atoms with Crippen LogP contribution in [0.15, 0.2) is 29.9 Å². The SMILES string of the molecule is Cc1ccc(Oc2ncnc3c(C)csc23)c(C(=O)O)c1. The lowest BCUT2D eigenvalue weighted by Crippen LogP contribution is -2.01. The normalized spacial score (nSPS) is 10.8. The molecule has 0 saturated carbocycles. The van der Waals surface area contributed by atoms with Crippen molar-refractivity contribution in [2.24, 2.45) is 0 Å². The molecular weight excluding hydrogens is 288 g/mol. The van der Waals surface area contributed by atoms with Crippen LogP contribution in [0.4, 0.5) is 0 Å². The fraction of sp³-hybridized carbons (Fsp3) is 0.133. The Morgan fingerprint density at radius 2 is 2.10 bits per heavy atom. The van der Waals surface area contributed by atoms with E-state index in [0.29, 0.717) is 5.88 Å². The maximum atomic E-state index is 11.3. The topological polar surface area (TPSA) is 72.3 Å². The highest BCUT2D eigenvalue weighted by molar-refractivity contribution is 7.17. The van der Waals surface area contributed by atoms with Gasteiger partial charge in [-0.1, -0.05) is 11.6 Å². The van der Waals surface area contributed by atoms with Crippen LogP contribution < -0.4 is 4.74 Å². The van der Waals surface area contributed by atoms with E-state index in [4.69, 9.17) is 4.74 Å². The Labute approximate surface area is 124 Å². The van der Waals surface area contributed by atoms with Crippen molar-refractivity contribution in [1.82, 2.24) is 9.97 Å². The Morgan fingerprint density at radius 3 is 2.86 bits per heavy atom. The van der Waals surface area contributed by atoms with Crippen molar-refractivity contribution in [3.63, 3.8) is 0 Å². The van der Waals surface area contributed by atoms with E-state index in [9.17, 15) is 9.90 Å². The lowest BCUT2D eigenvalue weighted by Gasteiger charge is -2.09. The number of hydrogen-bond donors (Lipinski definition) is 1. The number of aromatic carboxylic acids is 1. The van der Waals surface area contributed by atoms with Gasteiger partial charge < -0.3 is 9.84 Å². The molecule has 3 aromatic rings. The molecule has 0 radical (unpaired) electrons. The maximum absolute atomic E-state index is 11.3. The number of carboxylic acids is 1. The average molecular weight is 300 g/mol. The van der Waals surface area contributed by atoms with E-state index in [1.165, 1.54) is 17.7 Å². The number of rotatable bonds is 3. The molecule has 1 N–H and O–H groups in total. The first-order chi connectivity index (χ1) is 10.1. The van der Waals surface area contributed by atoms with Crippen molar-refractivity contribution >= 4 is 27.5 Å². The van der Waals surface area contributed by atoms with Gasteiger partial charge in [0.15, 0.2) is 0 Å². The molecule has 2 aromatic heterocycles. The highest BCUT2D eigenvalue weighted by atomic mass is 32.1. The van der Waals surface area contributed by atoms with E-state index >= 15 is 0 Å². The van der Waals surface area contributed by atoms with Crippen molar-refractivity contribution in [2.75, 3.05) is 0 Å². The number of hydrogen-bond acceptors (Lipinski definition) is 5. The standard InChI is InChI=1S/C15H12N2O3S/c1-8-3-4-11(10(5-8)15(18)19)20-14-13-12(16-7-17-14)9(2)6-21-13/h3-7H,1-2H3,(H,18,19). The van der Waals surface area contributed by atoms with Gasteiger partial charge in [-0.05, 0) is 36.9 Å². The third-order valence-corrected chi connectivity index (χ3v) is 4.15. The Kier molecular flexibility index (Phi) is 3.31. The van der Waals surface area contributed by atoms with Crippen molar-refractivity contribution in [1.29, 1.82) is 0 Å². The predicted octanol–water partition coefficient (Wildman–Crippen LogP) is 3.80. The summed E-state index contributed by atoms with van der Waals surface area (Å²) in [5.41, 5.74) is 2.85. The molecule has 0 unspecified atom stereocenters. The quantitative estimate of drug-likeness (QED) is 0.796. The van der Waals surface area contributed by atoms with Crippen LogP contribution in [0.25, 0.3) is 10.2 Å². The number of carboxylic acid groups (broad SMARTS) is 1. The molecule has 5 nitrogen and oxygen atoms in total. The first-order valence-electron chi connectivity index (χ1n) is 6.27. The maximum Gasteiger partial charge on any atom is 0.339 e. The summed E-state index contributed by atoms with van der Waals surface area (Å²) in [5, 5.41) is 11.2. The minimum atomic E-state index is -1.03. The lowest BCUT2D eigenvalue weighted by molar-refractivity contribution is 0.0694. The second kappa shape index (κ2) is 5.14. The van der Waals surface area contributed by atoms with Crippen molar-refractivity contribution < 1.29 is 14.6 Å². The molecule has 1 aromatic carbocycles. The number of ether oxygens (including phenoxy) is 1. The van der Waals surface area contributed by atoms with E-state index < -0.39 is 5.97 Å². The number of aryl methyl sites for hydroxylation is 2. The van der Waals surface area contributed by atoms with Crippen LogP contribution >= 0.6 is 11.3 Å². The monoisotopic (exact) mass is 300 g/mol. The van der Waals surface area contributed by atoms with E-state index in [1.54, 1.807) is 18.2 Å². The fourth-order valence-electron chi connectivity index (χ4n) is 2.02. The summed E-state index contributed by atoms with van der Waals surface area (Å²) in [7, 11) is 0. The fourth-order valence-corrected chi connectivity index (χ4v) is 2.95. The van der Waals surface area contributed by atoms with Gasteiger partial charge in [-0.25, -0.2) is 14.8 Å². The molecule has 0 fully saturated rings. The van der Waals surface area contributed by atoms with Gasteiger partial charge >= 0.3 is 5.97 Å². The number of carbonyl (C=O) groups is 1. The summed E-state index contributed by atoms with van der Waals surface area (Å²) in [6.45, 7) is 3.80. The molecular formula is C15H12N2O3S. The van der Waals surface area contributed by atoms with Crippen molar-refractivity contribution in [2.45, 2.75) is 13.8 Å². The number of fused-ring (bicyclic) bond motifs is 1. The molecule has 0 saturated heterocycles. The first kappa shape index (κ1) is 13.5. The molecule has 3 rings (SSSR count). The molecule has 0 atom stereocenters. The minimum absolute atomic E-state index is 0.120. The zero-order valence-electron chi connectivity index (χ0n) is 11.5. The summed E-state index contributed by atoms with van der Waals surface area (Å²) in [4.78, 5) is 19.7. The first-order valence-corrected chi connectivity index (χ1v) is 7.15. The van der Waals surface area contributed by atoms with Crippen LogP contribution in [0.2, 0.25) is 0 Å². The smallest absolute Gasteiger partial charge is 0.339 e. The van der Waals surface area contributed by atoms with Crippen LogP contribution in [-0.4, -0.2) is 21.0 Å². The Morgan fingerprint density at radius 1 is 1.29 bits per heavy atom. The summed E-state index contributed by atoms with van der Waals surface area (Å²) >= 11 is 1.48. The number of aromatic nitrogens is 2. The Balaban J connectivity index is 2.09. The molecule has 0 bridgehead atoms. The summed E-state index contributed by atoms with van der Waals surface area (Å²) in [6.07, 6.45) is 1.42. The molecule has 6 heteroatoms. The summed E-state index contributed by atoms with van der Waals surface area (Å²) in [5.74, 6) is -0.370. The van der Waals surface area contributed by atoms with Gasteiger partial charge in [-0.2, -0.15) is 0 Å². The van der Waals surface area contributed by atoms with E-state index in [2.05, 4.69) is 9.97 Å². The predicted molar refractivity (Wildman–Crippen MR) is 80.4 cm³/mol. The third-order valence-electron chi connectivity index (χ3n) is 3.07. The Hall–Kier alpha value is -2.47. The molecule has 0 aliphatic carbocycles. The minimum Gasteiger partial charge on any atom is -0.478 e. The van der Waals surface area contributed by atoms with Crippen LogP contribution in [0.5, 0.6) is 11.6 Å². The number of thiophene rings is 1. The molecule has 0 aliphatic heterocycles. The van der Waals surface area contributed by atoms with Gasteiger partial charge in [-0.3, -0.25) is 0 Å². The zero-order chi connectivity index (χ0) is 15.0. The van der Waals surface area contributed by atoms with Gasteiger partial charge in [0.1, 0.15) is 22.3 Å². The van der Waals surface area contributed by atoms with Crippen molar-refractivity contribution in [3.05, 3.63) is 46.6 Å². The van der Waals surface area contributed by atoms with Crippen LogP contribution in [0.3, 0.4) is 0 Å². The number of nitrogens with zero attached hydrogens (tertiary/aromatic N) is 2. The molecule has 2 heterocycles. The van der Waals surface area contributed by atoms with E-state index in [1.807, 2.05) is 19.2 Å². The number of benzene rings is 1. The summed E-state index contributed by atoms with van der Waals surface area (Å²) < 4.78 is 6.54. The van der Waals surface area contributed by atoms with Crippen LogP contribution in [0, 0.1) is 13.8 Å². The van der Waals surface area contributed by atoms with E-state index in [-0.39, 0.29) is 11.3 Å². The largest absolute Gasteiger partial charge is 0.478 e. The van der Waals surface area contributed by atoms with Gasteiger partial charge in [0.2, 0.25) is 5.88 Å². The second-order valence-electron chi connectivity index (χ2n) is 4.68. The second-order valence-corrected chi connectivity index (χ2v) is 5.56. The van der Waals surface area contributed by atoms with E-state index in [0.717, 1.165) is 21.3 Å². The molecule has 0 aliphatic rings. The molecule has 21 heavy (non-hydrogen) atoms. The lowest BCUT2D eigenvalue weighted by atomic mass is 10.1. The third kappa shape index (κ3) is 2.45.